The quantitative estimate of drug-likeness (QED) is 0.579. The Bertz CT molecular complexity index is 741. The molecule has 3 rings (SSSR count). The normalized spacial score (nSPS) is 11.2. The monoisotopic (exact) mass is 382 g/mol. The lowest BCUT2D eigenvalue weighted by molar-refractivity contribution is 0.630. The molecular formula is C14H9Br2FN2. The summed E-state index contributed by atoms with van der Waals surface area (Å²) in [5, 5.41) is 0. The van der Waals surface area contributed by atoms with Crippen molar-refractivity contribution < 1.29 is 4.39 Å². The molecule has 0 atom stereocenters. The SMILES string of the molecule is Cc1cc2nc(-c3ccc(Br)cc3F)cn2cc1Br. The molecule has 0 bridgehead atoms. The molecule has 0 N–H and O–H groups in total. The number of benzene rings is 1. The topological polar surface area (TPSA) is 17.3 Å². The van der Waals surface area contributed by atoms with Gasteiger partial charge in [0.25, 0.3) is 0 Å². The van der Waals surface area contributed by atoms with Crippen LogP contribution in [0.15, 0.2) is 45.6 Å². The zero-order valence-electron chi connectivity index (χ0n) is 9.99. The van der Waals surface area contributed by atoms with Crippen LogP contribution in [0.3, 0.4) is 0 Å². The van der Waals surface area contributed by atoms with E-state index in [1.165, 1.54) is 6.07 Å². The van der Waals surface area contributed by atoms with Crippen molar-refractivity contribution >= 4 is 37.5 Å². The van der Waals surface area contributed by atoms with Crippen molar-refractivity contribution in [3.8, 4) is 11.3 Å². The molecule has 0 radical (unpaired) electrons. The Morgan fingerprint density at radius 3 is 2.68 bits per heavy atom. The highest BCUT2D eigenvalue weighted by molar-refractivity contribution is 9.10. The van der Waals surface area contributed by atoms with Gasteiger partial charge in [-0.3, -0.25) is 0 Å². The number of aromatic nitrogens is 2. The van der Waals surface area contributed by atoms with Gasteiger partial charge in [-0.2, -0.15) is 0 Å². The average Bonchev–Trinajstić information content (AvgIpc) is 2.72. The molecule has 0 saturated heterocycles. The number of aryl methyl sites for hydroxylation is 1. The fraction of sp³-hybridized carbons (Fsp3) is 0.0714. The summed E-state index contributed by atoms with van der Waals surface area (Å²) in [6.45, 7) is 2.00. The van der Waals surface area contributed by atoms with E-state index < -0.39 is 0 Å². The second-order valence-electron chi connectivity index (χ2n) is 4.32. The van der Waals surface area contributed by atoms with Gasteiger partial charge >= 0.3 is 0 Å². The van der Waals surface area contributed by atoms with E-state index >= 15 is 0 Å². The zero-order chi connectivity index (χ0) is 13.6. The van der Waals surface area contributed by atoms with E-state index in [1.807, 2.05) is 35.9 Å². The molecule has 96 valence electrons. The van der Waals surface area contributed by atoms with E-state index in [4.69, 9.17) is 0 Å². The maximum Gasteiger partial charge on any atom is 0.137 e. The third-order valence-electron chi connectivity index (χ3n) is 2.94. The second-order valence-corrected chi connectivity index (χ2v) is 6.09. The molecule has 0 aliphatic carbocycles. The number of fused-ring (bicyclic) bond motifs is 1. The Kier molecular flexibility index (Phi) is 3.19. The summed E-state index contributed by atoms with van der Waals surface area (Å²) in [5.41, 5.74) is 3.03. The molecule has 3 aromatic rings. The number of halogens is 3. The van der Waals surface area contributed by atoms with Gasteiger partial charge in [0.1, 0.15) is 11.5 Å². The van der Waals surface area contributed by atoms with Crippen molar-refractivity contribution in [2.24, 2.45) is 0 Å². The van der Waals surface area contributed by atoms with Gasteiger partial charge in [0.05, 0.1) is 5.69 Å². The maximum absolute atomic E-state index is 13.9. The van der Waals surface area contributed by atoms with E-state index in [9.17, 15) is 4.39 Å². The highest BCUT2D eigenvalue weighted by atomic mass is 79.9. The Labute approximate surface area is 126 Å². The van der Waals surface area contributed by atoms with Crippen LogP contribution in [0.5, 0.6) is 0 Å². The number of hydrogen-bond acceptors (Lipinski definition) is 1. The van der Waals surface area contributed by atoms with Crippen LogP contribution in [0.1, 0.15) is 5.56 Å². The molecule has 0 fully saturated rings. The minimum atomic E-state index is -0.284. The van der Waals surface area contributed by atoms with Gasteiger partial charge in [0, 0.05) is 26.9 Å². The summed E-state index contributed by atoms with van der Waals surface area (Å²) in [5.74, 6) is -0.284. The van der Waals surface area contributed by atoms with Crippen molar-refractivity contribution in [2.45, 2.75) is 6.92 Å². The van der Waals surface area contributed by atoms with Gasteiger partial charge in [0.2, 0.25) is 0 Å². The van der Waals surface area contributed by atoms with E-state index in [-0.39, 0.29) is 5.82 Å². The van der Waals surface area contributed by atoms with Gasteiger partial charge in [-0.1, -0.05) is 15.9 Å². The highest BCUT2D eigenvalue weighted by Gasteiger charge is 2.10. The zero-order valence-corrected chi connectivity index (χ0v) is 13.2. The molecule has 0 aliphatic heterocycles. The summed E-state index contributed by atoms with van der Waals surface area (Å²) in [6, 6.07) is 6.94. The summed E-state index contributed by atoms with van der Waals surface area (Å²) >= 11 is 6.73. The Hall–Kier alpha value is -1.20. The van der Waals surface area contributed by atoms with Crippen LogP contribution in [0, 0.1) is 12.7 Å². The Morgan fingerprint density at radius 1 is 1.16 bits per heavy atom. The smallest absolute Gasteiger partial charge is 0.137 e. The summed E-state index contributed by atoms with van der Waals surface area (Å²) in [4.78, 5) is 4.46. The van der Waals surface area contributed by atoms with Crippen LogP contribution in [-0.4, -0.2) is 9.38 Å². The first-order chi connectivity index (χ1) is 9.04. The van der Waals surface area contributed by atoms with Gasteiger partial charge in [-0.05, 0) is 52.7 Å². The molecule has 0 unspecified atom stereocenters. The standard InChI is InChI=1S/C14H9Br2FN2/c1-8-4-14-18-13(7-19(14)6-11(8)16)10-3-2-9(15)5-12(10)17/h2-7H,1H3. The number of rotatable bonds is 1. The van der Waals surface area contributed by atoms with E-state index in [0.29, 0.717) is 11.3 Å². The first-order valence-corrected chi connectivity index (χ1v) is 7.23. The van der Waals surface area contributed by atoms with Gasteiger partial charge < -0.3 is 4.40 Å². The third-order valence-corrected chi connectivity index (χ3v) is 4.27. The highest BCUT2D eigenvalue weighted by Crippen LogP contribution is 2.26. The fourth-order valence-corrected chi connectivity index (χ4v) is 2.60. The van der Waals surface area contributed by atoms with Gasteiger partial charge in [0.15, 0.2) is 0 Å². The maximum atomic E-state index is 13.9. The predicted molar refractivity (Wildman–Crippen MR) is 80.7 cm³/mol. The fourth-order valence-electron chi connectivity index (χ4n) is 1.93. The molecule has 0 saturated carbocycles. The van der Waals surface area contributed by atoms with Crippen LogP contribution in [0.4, 0.5) is 4.39 Å². The molecule has 0 amide bonds. The van der Waals surface area contributed by atoms with Crippen molar-refractivity contribution in [1.82, 2.24) is 9.38 Å². The molecular weight excluding hydrogens is 375 g/mol. The van der Waals surface area contributed by atoms with E-state index in [1.54, 1.807) is 6.07 Å². The van der Waals surface area contributed by atoms with Crippen LogP contribution in [-0.2, 0) is 0 Å². The molecule has 1 aromatic carbocycles. The number of hydrogen-bond donors (Lipinski definition) is 0. The van der Waals surface area contributed by atoms with Crippen LogP contribution in [0.25, 0.3) is 16.9 Å². The van der Waals surface area contributed by atoms with Crippen molar-refractivity contribution in [1.29, 1.82) is 0 Å². The summed E-state index contributed by atoms with van der Waals surface area (Å²) in [6.07, 6.45) is 3.75. The Balaban J connectivity index is 2.20. The number of pyridine rings is 1. The molecule has 2 nitrogen and oxygen atoms in total. The minimum Gasteiger partial charge on any atom is -0.305 e. The summed E-state index contributed by atoms with van der Waals surface area (Å²) < 4.78 is 17.5. The average molecular weight is 384 g/mol. The van der Waals surface area contributed by atoms with Crippen molar-refractivity contribution in [3.05, 3.63) is 57.0 Å². The molecule has 5 heteroatoms. The molecule has 19 heavy (non-hydrogen) atoms. The molecule has 0 spiro atoms. The largest absolute Gasteiger partial charge is 0.305 e. The third kappa shape index (κ3) is 2.32. The van der Waals surface area contributed by atoms with Gasteiger partial charge in [-0.25, -0.2) is 9.37 Å². The summed E-state index contributed by atoms with van der Waals surface area (Å²) in [7, 11) is 0. The van der Waals surface area contributed by atoms with Crippen LogP contribution < -0.4 is 0 Å². The number of nitrogens with zero attached hydrogens (tertiary/aromatic N) is 2. The Morgan fingerprint density at radius 2 is 1.95 bits per heavy atom. The first kappa shape index (κ1) is 12.8. The van der Waals surface area contributed by atoms with Crippen LogP contribution >= 0.6 is 31.9 Å². The van der Waals surface area contributed by atoms with E-state index in [0.717, 1.165) is 20.2 Å². The minimum absolute atomic E-state index is 0.284. The lowest BCUT2D eigenvalue weighted by atomic mass is 10.1. The first-order valence-electron chi connectivity index (χ1n) is 5.65. The molecule has 0 aliphatic rings. The lowest BCUT2D eigenvalue weighted by Gasteiger charge is -1.98. The number of imidazole rings is 1. The molecule has 2 heterocycles. The molecule has 2 aromatic heterocycles. The van der Waals surface area contributed by atoms with Crippen molar-refractivity contribution in [3.63, 3.8) is 0 Å². The van der Waals surface area contributed by atoms with Crippen molar-refractivity contribution in [2.75, 3.05) is 0 Å². The predicted octanol–water partition coefficient (Wildman–Crippen LogP) is 4.97. The lowest BCUT2D eigenvalue weighted by Crippen LogP contribution is -1.85. The second kappa shape index (κ2) is 4.72. The van der Waals surface area contributed by atoms with Gasteiger partial charge in [-0.15, -0.1) is 0 Å². The van der Waals surface area contributed by atoms with E-state index in [2.05, 4.69) is 36.8 Å². The van der Waals surface area contributed by atoms with Crippen LogP contribution in [0.2, 0.25) is 0 Å².